The van der Waals surface area contributed by atoms with Crippen LogP contribution in [0.25, 0.3) is 0 Å². The fraction of sp³-hybridized carbons (Fsp3) is 0.929. The third kappa shape index (κ3) is 3.98. The molecule has 1 rings (SSSR count). The highest BCUT2D eigenvalue weighted by Gasteiger charge is 2.34. The predicted molar refractivity (Wildman–Crippen MR) is 71.5 cm³/mol. The lowest BCUT2D eigenvalue weighted by atomic mass is 9.74. The van der Waals surface area contributed by atoms with Crippen LogP contribution in [0.15, 0.2) is 0 Å². The van der Waals surface area contributed by atoms with E-state index >= 15 is 0 Å². The van der Waals surface area contributed by atoms with Gasteiger partial charge in [0, 0.05) is 6.04 Å². The fourth-order valence-electron chi connectivity index (χ4n) is 2.72. The normalized spacial score (nSPS) is 30.4. The molecular formula is C14H28N2O. The smallest absolute Gasteiger partial charge is 0.239 e. The minimum Gasteiger partial charge on any atom is -0.351 e. The van der Waals surface area contributed by atoms with Gasteiger partial charge in [-0.2, -0.15) is 0 Å². The van der Waals surface area contributed by atoms with Gasteiger partial charge in [-0.15, -0.1) is 0 Å². The third-order valence-electron chi connectivity index (χ3n) is 3.92. The molecular weight excluding hydrogens is 212 g/mol. The van der Waals surface area contributed by atoms with Gasteiger partial charge in [0.05, 0.1) is 5.54 Å². The molecule has 3 unspecified atom stereocenters. The Morgan fingerprint density at radius 2 is 1.94 bits per heavy atom. The molecule has 0 aromatic rings. The van der Waals surface area contributed by atoms with Crippen LogP contribution < -0.4 is 11.1 Å². The van der Waals surface area contributed by atoms with Crippen molar-refractivity contribution in [2.24, 2.45) is 23.5 Å². The Morgan fingerprint density at radius 1 is 1.35 bits per heavy atom. The Morgan fingerprint density at radius 3 is 2.41 bits per heavy atom. The van der Waals surface area contributed by atoms with Gasteiger partial charge in [0.15, 0.2) is 0 Å². The van der Waals surface area contributed by atoms with Crippen LogP contribution in [0.4, 0.5) is 0 Å². The summed E-state index contributed by atoms with van der Waals surface area (Å²) in [5.74, 6) is 1.89. The van der Waals surface area contributed by atoms with Crippen LogP contribution in [-0.4, -0.2) is 17.5 Å². The predicted octanol–water partition coefficient (Wildman–Crippen LogP) is 2.30. The zero-order valence-corrected chi connectivity index (χ0v) is 11.9. The highest BCUT2D eigenvalue weighted by molar-refractivity contribution is 5.85. The minimum absolute atomic E-state index is 0.0257. The van der Waals surface area contributed by atoms with Crippen LogP contribution in [0.2, 0.25) is 0 Å². The molecule has 100 valence electrons. The SMILES string of the molecule is CC1CCC(C(C)C)C(NC(=O)C(C)(C)N)C1. The molecule has 1 aliphatic rings. The second-order valence-corrected chi connectivity index (χ2v) is 6.63. The van der Waals surface area contributed by atoms with Crippen LogP contribution in [-0.2, 0) is 4.79 Å². The molecule has 0 bridgehead atoms. The first-order chi connectivity index (χ1) is 7.71. The molecule has 3 N–H and O–H groups in total. The number of nitrogens with two attached hydrogens (primary N) is 1. The maximum atomic E-state index is 12.0. The van der Waals surface area contributed by atoms with Gasteiger partial charge in [-0.05, 0) is 44.4 Å². The van der Waals surface area contributed by atoms with Gasteiger partial charge in [-0.1, -0.05) is 27.2 Å². The van der Waals surface area contributed by atoms with E-state index in [0.717, 1.165) is 6.42 Å². The Balaban J connectivity index is 2.67. The third-order valence-corrected chi connectivity index (χ3v) is 3.92. The Bertz CT molecular complexity index is 268. The number of carbonyl (C=O) groups is 1. The Kier molecular flexibility index (Phi) is 4.59. The first kappa shape index (κ1) is 14.5. The molecule has 0 heterocycles. The van der Waals surface area contributed by atoms with Crippen molar-refractivity contribution in [3.05, 3.63) is 0 Å². The molecule has 3 nitrogen and oxygen atoms in total. The van der Waals surface area contributed by atoms with Gasteiger partial charge in [0.25, 0.3) is 0 Å². The van der Waals surface area contributed by atoms with Gasteiger partial charge in [0.2, 0.25) is 5.91 Å². The molecule has 0 radical (unpaired) electrons. The Labute approximate surface area is 106 Å². The van der Waals surface area contributed by atoms with Gasteiger partial charge in [-0.25, -0.2) is 0 Å². The van der Waals surface area contributed by atoms with Crippen molar-refractivity contribution < 1.29 is 4.79 Å². The van der Waals surface area contributed by atoms with E-state index in [1.54, 1.807) is 13.8 Å². The number of rotatable bonds is 3. The maximum absolute atomic E-state index is 12.0. The lowest BCUT2D eigenvalue weighted by molar-refractivity contribution is -0.126. The zero-order valence-electron chi connectivity index (χ0n) is 11.9. The molecule has 1 aliphatic carbocycles. The van der Waals surface area contributed by atoms with Crippen molar-refractivity contribution in [3.8, 4) is 0 Å². The van der Waals surface area contributed by atoms with E-state index in [2.05, 4.69) is 26.1 Å². The topological polar surface area (TPSA) is 55.1 Å². The molecule has 3 heteroatoms. The van der Waals surface area contributed by atoms with Crippen molar-refractivity contribution >= 4 is 5.91 Å². The molecule has 17 heavy (non-hydrogen) atoms. The molecule has 0 aromatic carbocycles. The summed E-state index contributed by atoms with van der Waals surface area (Å²) in [6.07, 6.45) is 3.58. The summed E-state index contributed by atoms with van der Waals surface area (Å²) in [5, 5.41) is 3.16. The standard InChI is InChI=1S/C14H28N2O/c1-9(2)11-7-6-10(3)8-12(11)16-13(17)14(4,5)15/h9-12H,6-8,15H2,1-5H3,(H,16,17). The maximum Gasteiger partial charge on any atom is 0.239 e. The highest BCUT2D eigenvalue weighted by atomic mass is 16.2. The van der Waals surface area contributed by atoms with Crippen molar-refractivity contribution in [2.45, 2.75) is 65.5 Å². The van der Waals surface area contributed by atoms with Crippen molar-refractivity contribution in [1.29, 1.82) is 0 Å². The van der Waals surface area contributed by atoms with Crippen molar-refractivity contribution in [2.75, 3.05) is 0 Å². The molecule has 0 spiro atoms. The zero-order chi connectivity index (χ0) is 13.2. The largest absolute Gasteiger partial charge is 0.351 e. The van der Waals surface area contributed by atoms with Crippen molar-refractivity contribution in [1.82, 2.24) is 5.32 Å². The molecule has 1 saturated carbocycles. The van der Waals surface area contributed by atoms with E-state index in [9.17, 15) is 4.79 Å². The molecule has 1 fully saturated rings. The second kappa shape index (κ2) is 5.38. The summed E-state index contributed by atoms with van der Waals surface area (Å²) >= 11 is 0. The number of hydrogen-bond acceptors (Lipinski definition) is 2. The van der Waals surface area contributed by atoms with Crippen LogP contribution in [0, 0.1) is 17.8 Å². The lowest BCUT2D eigenvalue weighted by Gasteiger charge is -2.38. The minimum atomic E-state index is -0.776. The number of amides is 1. The molecule has 1 amide bonds. The monoisotopic (exact) mass is 240 g/mol. The fourth-order valence-corrected chi connectivity index (χ4v) is 2.72. The summed E-state index contributed by atoms with van der Waals surface area (Å²) < 4.78 is 0. The molecule has 0 aromatic heterocycles. The number of nitrogens with one attached hydrogen (secondary N) is 1. The van der Waals surface area contributed by atoms with E-state index in [1.165, 1.54) is 12.8 Å². The molecule has 0 aliphatic heterocycles. The number of carbonyl (C=O) groups excluding carboxylic acids is 1. The van der Waals surface area contributed by atoms with Crippen molar-refractivity contribution in [3.63, 3.8) is 0 Å². The first-order valence-corrected chi connectivity index (χ1v) is 6.81. The quantitative estimate of drug-likeness (QED) is 0.795. The van der Waals surface area contributed by atoms with E-state index in [1.807, 2.05) is 0 Å². The highest BCUT2D eigenvalue weighted by Crippen LogP contribution is 2.33. The van der Waals surface area contributed by atoms with Gasteiger partial charge in [-0.3, -0.25) is 4.79 Å². The average molecular weight is 240 g/mol. The van der Waals surface area contributed by atoms with E-state index in [4.69, 9.17) is 5.73 Å². The van der Waals surface area contributed by atoms with Crippen LogP contribution in [0.3, 0.4) is 0 Å². The summed E-state index contributed by atoms with van der Waals surface area (Å²) in [5.41, 5.74) is 5.06. The lowest BCUT2D eigenvalue weighted by Crippen LogP contribution is -2.55. The van der Waals surface area contributed by atoms with Gasteiger partial charge < -0.3 is 11.1 Å². The van der Waals surface area contributed by atoms with Gasteiger partial charge in [0.1, 0.15) is 0 Å². The molecule has 3 atom stereocenters. The summed E-state index contributed by atoms with van der Waals surface area (Å²) in [4.78, 5) is 12.0. The van der Waals surface area contributed by atoms with E-state index < -0.39 is 5.54 Å². The summed E-state index contributed by atoms with van der Waals surface area (Å²) in [7, 11) is 0. The first-order valence-electron chi connectivity index (χ1n) is 6.81. The summed E-state index contributed by atoms with van der Waals surface area (Å²) in [6, 6.07) is 0.300. The average Bonchev–Trinajstić information content (AvgIpc) is 2.15. The molecule has 0 saturated heterocycles. The number of hydrogen-bond donors (Lipinski definition) is 2. The van der Waals surface area contributed by atoms with Gasteiger partial charge >= 0.3 is 0 Å². The van der Waals surface area contributed by atoms with Crippen LogP contribution >= 0.6 is 0 Å². The second-order valence-electron chi connectivity index (χ2n) is 6.63. The van der Waals surface area contributed by atoms with E-state index in [-0.39, 0.29) is 5.91 Å². The van der Waals surface area contributed by atoms with Crippen LogP contribution in [0.1, 0.15) is 53.9 Å². The van der Waals surface area contributed by atoms with E-state index in [0.29, 0.717) is 23.8 Å². The van der Waals surface area contributed by atoms with Crippen LogP contribution in [0.5, 0.6) is 0 Å². The summed E-state index contributed by atoms with van der Waals surface area (Å²) in [6.45, 7) is 10.3. The Hall–Kier alpha value is -0.570.